The number of rotatable bonds is 6. The molecule has 0 saturated heterocycles. The Kier molecular flexibility index (Phi) is 5.75. The van der Waals surface area contributed by atoms with Gasteiger partial charge in [-0.15, -0.1) is 0 Å². The number of ether oxygens (including phenoxy) is 2. The van der Waals surface area contributed by atoms with Gasteiger partial charge in [0, 0.05) is 5.69 Å². The van der Waals surface area contributed by atoms with Gasteiger partial charge in [-0.3, -0.25) is 4.79 Å². The van der Waals surface area contributed by atoms with Crippen LogP contribution in [0.4, 0.5) is 0 Å². The first-order valence-electron chi connectivity index (χ1n) is 8.82. The molecule has 3 rings (SSSR count). The van der Waals surface area contributed by atoms with Gasteiger partial charge in [-0.25, -0.2) is 4.79 Å². The van der Waals surface area contributed by atoms with Crippen molar-refractivity contribution < 1.29 is 19.1 Å². The molecule has 0 unspecified atom stereocenters. The molecule has 0 radical (unpaired) electrons. The normalized spacial score (nSPS) is 10.8. The largest absolute Gasteiger partial charge is 0.465 e. The smallest absolute Gasteiger partial charge is 0.339 e. The number of hydrogen-bond acceptors (Lipinski definition) is 4. The van der Waals surface area contributed by atoms with E-state index >= 15 is 0 Å². The first kappa shape index (κ1) is 19.2. The van der Waals surface area contributed by atoms with Gasteiger partial charge >= 0.3 is 5.97 Å². The summed E-state index contributed by atoms with van der Waals surface area (Å²) >= 11 is 0. The molecule has 1 N–H and O–H groups in total. The Morgan fingerprint density at radius 2 is 1.57 bits per heavy atom. The summed E-state index contributed by atoms with van der Waals surface area (Å²) in [5.74, 6) is 0.817. The zero-order valence-corrected chi connectivity index (χ0v) is 16.0. The maximum Gasteiger partial charge on any atom is 0.339 e. The molecule has 3 aromatic rings. The molecular formula is C23H21NO4. The molecule has 1 heterocycles. The standard InChI is InChI=1S/C23H21NO4/c1-15-21(23(26)27-3)16(2)24-22(15)20(25)14-11-17-9-12-19(13-10-17)28-18-7-5-4-6-8-18/h4-14,24H,1-3H3. The van der Waals surface area contributed by atoms with Crippen molar-refractivity contribution in [2.75, 3.05) is 7.11 Å². The van der Waals surface area contributed by atoms with E-state index in [1.54, 1.807) is 19.9 Å². The quantitative estimate of drug-likeness (QED) is 0.369. The van der Waals surface area contributed by atoms with E-state index in [0.717, 1.165) is 11.3 Å². The van der Waals surface area contributed by atoms with Gasteiger partial charge < -0.3 is 14.5 Å². The predicted molar refractivity (Wildman–Crippen MR) is 108 cm³/mol. The van der Waals surface area contributed by atoms with Crippen molar-refractivity contribution in [1.29, 1.82) is 0 Å². The fraction of sp³-hybridized carbons (Fsp3) is 0.130. The first-order chi connectivity index (χ1) is 13.5. The summed E-state index contributed by atoms with van der Waals surface area (Å²) < 4.78 is 10.5. The number of nitrogens with one attached hydrogen (secondary N) is 1. The average molecular weight is 375 g/mol. The summed E-state index contributed by atoms with van der Waals surface area (Å²) in [5.41, 5.74) is 2.86. The van der Waals surface area contributed by atoms with Gasteiger partial charge in [0.05, 0.1) is 18.4 Å². The Bertz CT molecular complexity index is 1010. The SMILES string of the molecule is COC(=O)c1c(C)[nH]c(C(=O)C=Cc2ccc(Oc3ccccc3)cc2)c1C. The topological polar surface area (TPSA) is 68.4 Å². The van der Waals surface area contributed by atoms with Gasteiger partial charge in [0.1, 0.15) is 11.5 Å². The van der Waals surface area contributed by atoms with E-state index < -0.39 is 5.97 Å². The minimum absolute atomic E-state index is 0.208. The molecule has 0 amide bonds. The van der Waals surface area contributed by atoms with Crippen LogP contribution < -0.4 is 4.74 Å². The van der Waals surface area contributed by atoms with Crippen LogP contribution in [0.2, 0.25) is 0 Å². The van der Waals surface area contributed by atoms with Crippen LogP contribution in [0, 0.1) is 13.8 Å². The fourth-order valence-electron chi connectivity index (χ4n) is 2.93. The third kappa shape index (κ3) is 4.20. The number of H-pyrrole nitrogens is 1. The van der Waals surface area contributed by atoms with Crippen LogP contribution in [-0.4, -0.2) is 23.8 Å². The average Bonchev–Trinajstić information content (AvgIpc) is 3.01. The Hall–Kier alpha value is -3.60. The number of allylic oxidation sites excluding steroid dienone is 1. The molecule has 142 valence electrons. The first-order valence-corrected chi connectivity index (χ1v) is 8.82. The van der Waals surface area contributed by atoms with Gasteiger partial charge in [0.15, 0.2) is 0 Å². The van der Waals surface area contributed by atoms with Crippen molar-refractivity contribution in [2.24, 2.45) is 0 Å². The van der Waals surface area contributed by atoms with Crippen LogP contribution in [0.15, 0.2) is 60.7 Å². The number of carbonyl (C=O) groups excluding carboxylic acids is 2. The van der Waals surface area contributed by atoms with E-state index in [2.05, 4.69) is 4.98 Å². The molecule has 0 bridgehead atoms. The number of aromatic nitrogens is 1. The van der Waals surface area contributed by atoms with Crippen LogP contribution in [0.5, 0.6) is 11.5 Å². The molecular weight excluding hydrogens is 354 g/mol. The molecule has 0 spiro atoms. The molecule has 0 saturated carbocycles. The summed E-state index contributed by atoms with van der Waals surface area (Å²) in [7, 11) is 1.32. The van der Waals surface area contributed by atoms with Crippen molar-refractivity contribution in [2.45, 2.75) is 13.8 Å². The second-order valence-electron chi connectivity index (χ2n) is 6.30. The number of methoxy groups -OCH3 is 1. The van der Waals surface area contributed by atoms with Gasteiger partial charge in [-0.1, -0.05) is 36.4 Å². The highest BCUT2D eigenvalue weighted by molar-refractivity contribution is 6.08. The molecule has 2 aromatic carbocycles. The third-order valence-corrected chi connectivity index (χ3v) is 4.36. The van der Waals surface area contributed by atoms with Crippen molar-refractivity contribution in [1.82, 2.24) is 4.98 Å². The lowest BCUT2D eigenvalue weighted by molar-refractivity contribution is 0.0599. The van der Waals surface area contributed by atoms with Crippen molar-refractivity contribution >= 4 is 17.8 Å². The van der Waals surface area contributed by atoms with Gasteiger partial charge in [-0.05, 0) is 55.3 Å². The number of carbonyl (C=O) groups is 2. The minimum atomic E-state index is -0.455. The number of aryl methyl sites for hydroxylation is 1. The molecule has 0 fully saturated rings. The number of ketones is 1. The number of aromatic amines is 1. The zero-order chi connectivity index (χ0) is 20.1. The van der Waals surface area contributed by atoms with E-state index in [4.69, 9.17) is 9.47 Å². The van der Waals surface area contributed by atoms with Crippen molar-refractivity contribution in [3.05, 3.63) is 88.8 Å². The third-order valence-electron chi connectivity index (χ3n) is 4.36. The summed E-state index contributed by atoms with van der Waals surface area (Å²) in [6.45, 7) is 3.47. The Morgan fingerprint density at radius 1 is 0.929 bits per heavy atom. The maximum atomic E-state index is 12.5. The summed E-state index contributed by atoms with van der Waals surface area (Å²) in [5, 5.41) is 0. The molecule has 0 aliphatic rings. The molecule has 0 aliphatic heterocycles. The van der Waals surface area contributed by atoms with Gasteiger partial charge in [0.2, 0.25) is 5.78 Å². The van der Waals surface area contributed by atoms with Crippen LogP contribution in [0.1, 0.15) is 37.7 Å². The van der Waals surface area contributed by atoms with Crippen molar-refractivity contribution in [3.63, 3.8) is 0 Å². The Morgan fingerprint density at radius 3 is 2.21 bits per heavy atom. The summed E-state index contributed by atoms with van der Waals surface area (Å²) in [4.78, 5) is 27.4. The summed E-state index contributed by atoms with van der Waals surface area (Å²) in [6.07, 6.45) is 3.20. The van der Waals surface area contributed by atoms with Crippen LogP contribution in [-0.2, 0) is 4.74 Å². The highest BCUT2D eigenvalue weighted by Crippen LogP contribution is 2.22. The highest BCUT2D eigenvalue weighted by Gasteiger charge is 2.21. The van der Waals surface area contributed by atoms with E-state index in [9.17, 15) is 9.59 Å². The second-order valence-corrected chi connectivity index (χ2v) is 6.30. The van der Waals surface area contributed by atoms with Gasteiger partial charge in [0.25, 0.3) is 0 Å². The Balaban J connectivity index is 1.72. The zero-order valence-electron chi connectivity index (χ0n) is 16.0. The van der Waals surface area contributed by atoms with E-state index in [1.165, 1.54) is 13.2 Å². The molecule has 0 aliphatic carbocycles. The number of hydrogen-bond donors (Lipinski definition) is 1. The van der Waals surface area contributed by atoms with Gasteiger partial charge in [-0.2, -0.15) is 0 Å². The lowest BCUT2D eigenvalue weighted by Gasteiger charge is -2.05. The lowest BCUT2D eigenvalue weighted by atomic mass is 10.1. The van der Waals surface area contributed by atoms with Crippen LogP contribution in [0.25, 0.3) is 6.08 Å². The predicted octanol–water partition coefficient (Wildman–Crippen LogP) is 5.11. The monoisotopic (exact) mass is 375 g/mol. The van der Waals surface area contributed by atoms with E-state index in [0.29, 0.717) is 28.3 Å². The lowest BCUT2D eigenvalue weighted by Crippen LogP contribution is -2.04. The van der Waals surface area contributed by atoms with E-state index in [1.807, 2.05) is 54.6 Å². The Labute approximate surface area is 163 Å². The van der Waals surface area contributed by atoms with Crippen LogP contribution in [0.3, 0.4) is 0 Å². The second kappa shape index (κ2) is 8.39. The summed E-state index contributed by atoms with van der Waals surface area (Å²) in [6, 6.07) is 16.9. The minimum Gasteiger partial charge on any atom is -0.465 e. The molecule has 28 heavy (non-hydrogen) atoms. The van der Waals surface area contributed by atoms with Crippen molar-refractivity contribution in [3.8, 4) is 11.5 Å². The fourth-order valence-corrected chi connectivity index (χ4v) is 2.93. The van der Waals surface area contributed by atoms with Crippen LogP contribution >= 0.6 is 0 Å². The highest BCUT2D eigenvalue weighted by atomic mass is 16.5. The number of esters is 1. The maximum absolute atomic E-state index is 12.5. The molecule has 5 nitrogen and oxygen atoms in total. The molecule has 0 atom stereocenters. The molecule has 1 aromatic heterocycles. The number of benzene rings is 2. The molecule has 5 heteroatoms. The number of para-hydroxylation sites is 1. The van der Waals surface area contributed by atoms with E-state index in [-0.39, 0.29) is 5.78 Å².